The van der Waals surface area contributed by atoms with E-state index in [9.17, 15) is 9.90 Å². The first kappa shape index (κ1) is 16.9. The van der Waals surface area contributed by atoms with Gasteiger partial charge in [0.05, 0.1) is 5.52 Å². The lowest BCUT2D eigenvalue weighted by Gasteiger charge is -2.18. The van der Waals surface area contributed by atoms with Crippen molar-refractivity contribution in [1.29, 1.82) is 0 Å². The largest absolute Gasteiger partial charge is 0.493 e. The van der Waals surface area contributed by atoms with Crippen LogP contribution in [0.1, 0.15) is 42.3 Å². The minimum atomic E-state index is -0.443. The molecule has 0 unspecified atom stereocenters. The van der Waals surface area contributed by atoms with E-state index in [1.54, 1.807) is 12.1 Å². The van der Waals surface area contributed by atoms with Gasteiger partial charge in [-0.2, -0.15) is 0 Å². The highest BCUT2D eigenvalue weighted by atomic mass is 16.3. The lowest BCUT2D eigenvalue weighted by atomic mass is 9.87. The SMILES string of the molecule is Cc1cccc2c(N=NC(=O)c3ccc(C(C)(C)C)cc3)c(O)[nH]c12. The van der Waals surface area contributed by atoms with Gasteiger partial charge >= 0.3 is 0 Å². The number of carbonyl (C=O) groups excluding carboxylic acids is 1. The van der Waals surface area contributed by atoms with Crippen molar-refractivity contribution in [2.24, 2.45) is 10.2 Å². The van der Waals surface area contributed by atoms with Crippen LogP contribution in [0.4, 0.5) is 5.69 Å². The molecule has 0 aliphatic heterocycles. The summed E-state index contributed by atoms with van der Waals surface area (Å²) >= 11 is 0. The Morgan fingerprint density at radius 2 is 1.76 bits per heavy atom. The molecule has 5 heteroatoms. The van der Waals surface area contributed by atoms with Gasteiger partial charge in [-0.05, 0) is 35.6 Å². The lowest BCUT2D eigenvalue weighted by Crippen LogP contribution is -2.11. The van der Waals surface area contributed by atoms with Gasteiger partial charge in [0.15, 0.2) is 5.69 Å². The maximum atomic E-state index is 12.3. The van der Waals surface area contributed by atoms with Crippen LogP contribution < -0.4 is 0 Å². The van der Waals surface area contributed by atoms with E-state index in [2.05, 4.69) is 36.0 Å². The van der Waals surface area contributed by atoms with Crippen LogP contribution in [0.3, 0.4) is 0 Å². The highest BCUT2D eigenvalue weighted by molar-refractivity contribution is 5.97. The summed E-state index contributed by atoms with van der Waals surface area (Å²) < 4.78 is 0. The van der Waals surface area contributed by atoms with Crippen molar-refractivity contribution >= 4 is 22.5 Å². The quantitative estimate of drug-likeness (QED) is 0.615. The third-order valence-electron chi connectivity index (χ3n) is 4.23. The van der Waals surface area contributed by atoms with Gasteiger partial charge in [-0.1, -0.05) is 51.1 Å². The van der Waals surface area contributed by atoms with Crippen LogP contribution in [-0.2, 0) is 5.41 Å². The van der Waals surface area contributed by atoms with E-state index in [1.165, 1.54) is 0 Å². The average Bonchev–Trinajstić information content (AvgIpc) is 2.89. The number of azo groups is 1. The van der Waals surface area contributed by atoms with E-state index < -0.39 is 5.91 Å². The summed E-state index contributed by atoms with van der Waals surface area (Å²) in [5.74, 6) is -0.536. The summed E-state index contributed by atoms with van der Waals surface area (Å²) in [4.78, 5) is 15.1. The smallest absolute Gasteiger partial charge is 0.295 e. The van der Waals surface area contributed by atoms with Crippen LogP contribution in [-0.4, -0.2) is 16.0 Å². The summed E-state index contributed by atoms with van der Waals surface area (Å²) in [6, 6.07) is 13.0. The van der Waals surface area contributed by atoms with E-state index in [1.807, 2.05) is 37.3 Å². The predicted molar refractivity (Wildman–Crippen MR) is 98.7 cm³/mol. The molecule has 0 bridgehead atoms. The number of para-hydroxylation sites is 1. The zero-order chi connectivity index (χ0) is 18.2. The van der Waals surface area contributed by atoms with Gasteiger partial charge in [0.25, 0.3) is 5.91 Å². The second kappa shape index (κ2) is 6.16. The average molecular weight is 335 g/mol. The fraction of sp³-hybridized carbons (Fsp3) is 0.250. The van der Waals surface area contributed by atoms with Crippen molar-refractivity contribution < 1.29 is 9.90 Å². The van der Waals surface area contributed by atoms with Crippen molar-refractivity contribution in [2.75, 3.05) is 0 Å². The number of fused-ring (bicyclic) bond motifs is 1. The number of aromatic nitrogens is 1. The molecule has 0 spiro atoms. The molecule has 0 aliphatic carbocycles. The molecule has 0 aliphatic rings. The molecule has 3 rings (SSSR count). The molecule has 0 saturated carbocycles. The molecule has 5 nitrogen and oxygen atoms in total. The maximum Gasteiger partial charge on any atom is 0.295 e. The highest BCUT2D eigenvalue weighted by Crippen LogP contribution is 2.36. The molecular weight excluding hydrogens is 314 g/mol. The molecule has 0 radical (unpaired) electrons. The van der Waals surface area contributed by atoms with Crippen molar-refractivity contribution in [2.45, 2.75) is 33.1 Å². The number of aromatic hydroxyl groups is 1. The number of hydrogen-bond donors (Lipinski definition) is 2. The molecule has 25 heavy (non-hydrogen) atoms. The fourth-order valence-electron chi connectivity index (χ4n) is 2.70. The van der Waals surface area contributed by atoms with Gasteiger partial charge in [0.1, 0.15) is 0 Å². The van der Waals surface area contributed by atoms with Gasteiger partial charge in [-0.25, -0.2) is 0 Å². The predicted octanol–water partition coefficient (Wildman–Crippen LogP) is 5.40. The van der Waals surface area contributed by atoms with E-state index >= 15 is 0 Å². The molecule has 1 amide bonds. The Hall–Kier alpha value is -2.95. The minimum Gasteiger partial charge on any atom is -0.493 e. The first-order valence-corrected chi connectivity index (χ1v) is 8.14. The molecule has 0 atom stereocenters. The number of aryl methyl sites for hydroxylation is 1. The normalized spacial score (nSPS) is 12.2. The van der Waals surface area contributed by atoms with Crippen LogP contribution in [0, 0.1) is 6.92 Å². The maximum absolute atomic E-state index is 12.3. The Kier molecular flexibility index (Phi) is 4.17. The van der Waals surface area contributed by atoms with Crippen molar-refractivity contribution in [1.82, 2.24) is 4.98 Å². The second-order valence-corrected chi connectivity index (χ2v) is 7.15. The number of amides is 1. The van der Waals surface area contributed by atoms with Crippen molar-refractivity contribution in [3.63, 3.8) is 0 Å². The van der Waals surface area contributed by atoms with Crippen LogP contribution >= 0.6 is 0 Å². The van der Waals surface area contributed by atoms with E-state index in [-0.39, 0.29) is 17.0 Å². The van der Waals surface area contributed by atoms with Crippen LogP contribution in [0.2, 0.25) is 0 Å². The Morgan fingerprint density at radius 1 is 1.08 bits per heavy atom. The zero-order valence-corrected chi connectivity index (χ0v) is 14.8. The number of benzene rings is 2. The molecule has 2 N–H and O–H groups in total. The van der Waals surface area contributed by atoms with Gasteiger partial charge in [0, 0.05) is 10.9 Å². The Balaban J connectivity index is 1.89. The zero-order valence-electron chi connectivity index (χ0n) is 14.8. The lowest BCUT2D eigenvalue weighted by molar-refractivity contribution is 0.0995. The number of carbonyl (C=O) groups is 1. The number of nitrogens with one attached hydrogen (secondary N) is 1. The number of H-pyrrole nitrogens is 1. The topological polar surface area (TPSA) is 77.8 Å². The molecule has 2 aromatic carbocycles. The third-order valence-corrected chi connectivity index (χ3v) is 4.23. The number of nitrogens with zero attached hydrogens (tertiary/aromatic N) is 2. The number of aromatic amines is 1. The first-order valence-electron chi connectivity index (χ1n) is 8.14. The van der Waals surface area contributed by atoms with Gasteiger partial charge in [-0.3, -0.25) is 4.79 Å². The van der Waals surface area contributed by atoms with Gasteiger partial charge in [-0.15, -0.1) is 10.2 Å². The van der Waals surface area contributed by atoms with Gasteiger partial charge in [0.2, 0.25) is 5.88 Å². The van der Waals surface area contributed by atoms with Crippen LogP contribution in [0.5, 0.6) is 5.88 Å². The molecule has 3 aromatic rings. The molecule has 1 heterocycles. The standard InChI is InChI=1S/C20H21N3O2/c1-12-6-5-7-15-16(12)21-19(25)17(15)22-23-18(24)13-8-10-14(11-9-13)20(2,3)4/h5-11,21,25H,1-4H3. The highest BCUT2D eigenvalue weighted by Gasteiger charge is 2.15. The first-order chi connectivity index (χ1) is 11.8. The Labute approximate surface area is 146 Å². The summed E-state index contributed by atoms with van der Waals surface area (Å²) in [6.07, 6.45) is 0. The number of hydrogen-bond acceptors (Lipinski definition) is 3. The fourth-order valence-corrected chi connectivity index (χ4v) is 2.70. The number of rotatable bonds is 2. The van der Waals surface area contributed by atoms with Crippen molar-refractivity contribution in [3.05, 3.63) is 59.2 Å². The minimum absolute atomic E-state index is 0.0246. The van der Waals surface area contributed by atoms with Crippen molar-refractivity contribution in [3.8, 4) is 5.88 Å². The summed E-state index contributed by atoms with van der Waals surface area (Å²) in [5, 5.41) is 18.5. The third kappa shape index (κ3) is 3.31. The van der Waals surface area contributed by atoms with Gasteiger partial charge < -0.3 is 10.1 Å². The summed E-state index contributed by atoms with van der Waals surface area (Å²) in [7, 11) is 0. The van der Waals surface area contributed by atoms with E-state index in [0.29, 0.717) is 5.56 Å². The van der Waals surface area contributed by atoms with E-state index in [0.717, 1.165) is 22.0 Å². The van der Waals surface area contributed by atoms with Crippen LogP contribution in [0.15, 0.2) is 52.7 Å². The van der Waals surface area contributed by atoms with E-state index in [4.69, 9.17) is 0 Å². The monoisotopic (exact) mass is 335 g/mol. The molecular formula is C20H21N3O2. The summed E-state index contributed by atoms with van der Waals surface area (Å²) in [5.41, 5.74) is 3.68. The second-order valence-electron chi connectivity index (χ2n) is 7.15. The summed E-state index contributed by atoms with van der Waals surface area (Å²) in [6.45, 7) is 8.28. The molecule has 1 aromatic heterocycles. The Morgan fingerprint density at radius 3 is 2.40 bits per heavy atom. The molecule has 0 fully saturated rings. The van der Waals surface area contributed by atoms with Crippen LogP contribution in [0.25, 0.3) is 10.9 Å². The Bertz CT molecular complexity index is 961. The molecule has 0 saturated heterocycles. The molecule has 128 valence electrons.